The molecule has 0 radical (unpaired) electrons. The Hall–Kier alpha value is -3.14. The fourth-order valence-electron chi connectivity index (χ4n) is 1.78. The van der Waals surface area contributed by atoms with Crippen LogP contribution in [-0.4, -0.2) is 59.3 Å². The number of ether oxygens (including phenoxy) is 1. The van der Waals surface area contributed by atoms with Crippen LogP contribution in [0.3, 0.4) is 0 Å². The molecule has 0 unspecified atom stereocenters. The molecule has 10 nitrogen and oxygen atoms in total. The molecular formula is C16H21N3O7. The summed E-state index contributed by atoms with van der Waals surface area (Å²) in [4.78, 5) is 45.4. The first kappa shape index (κ1) is 20.9. The lowest BCUT2D eigenvalue weighted by Gasteiger charge is -2.17. The van der Waals surface area contributed by atoms with Gasteiger partial charge >= 0.3 is 12.1 Å². The van der Waals surface area contributed by atoms with Gasteiger partial charge in [0.1, 0.15) is 13.2 Å². The summed E-state index contributed by atoms with van der Waals surface area (Å²) in [7, 11) is 0. The van der Waals surface area contributed by atoms with Crippen LogP contribution >= 0.6 is 0 Å². The van der Waals surface area contributed by atoms with E-state index in [1.54, 1.807) is 24.3 Å². The average Bonchev–Trinajstić information content (AvgIpc) is 2.61. The smallest absolute Gasteiger partial charge is 0.407 e. The first-order valence-corrected chi connectivity index (χ1v) is 7.71. The van der Waals surface area contributed by atoms with Crippen molar-refractivity contribution in [2.75, 3.05) is 13.1 Å². The van der Waals surface area contributed by atoms with Crippen LogP contribution in [-0.2, 0) is 25.7 Å². The van der Waals surface area contributed by atoms with Gasteiger partial charge in [-0.1, -0.05) is 30.3 Å². The van der Waals surface area contributed by atoms with Gasteiger partial charge in [-0.3, -0.25) is 9.59 Å². The molecule has 0 saturated heterocycles. The number of carboxylic acids is 1. The van der Waals surface area contributed by atoms with E-state index >= 15 is 0 Å². The lowest BCUT2D eigenvalue weighted by molar-refractivity contribution is -0.144. The molecule has 1 rings (SSSR count). The molecule has 26 heavy (non-hydrogen) atoms. The molecule has 0 spiro atoms. The van der Waals surface area contributed by atoms with Crippen LogP contribution in [0.2, 0.25) is 0 Å². The van der Waals surface area contributed by atoms with Crippen molar-refractivity contribution in [3.63, 3.8) is 0 Å². The number of carboxylic acid groups (broad SMARTS) is 1. The average molecular weight is 367 g/mol. The maximum atomic E-state index is 11.6. The van der Waals surface area contributed by atoms with E-state index in [0.717, 1.165) is 5.56 Å². The van der Waals surface area contributed by atoms with Crippen LogP contribution in [0.5, 0.6) is 0 Å². The highest BCUT2D eigenvalue weighted by Crippen LogP contribution is 2.00. The Balaban J connectivity index is 2.24. The molecule has 2 atom stereocenters. The summed E-state index contributed by atoms with van der Waals surface area (Å²) in [5, 5.41) is 24.5. The normalized spacial score (nSPS) is 12.4. The Kier molecular flexibility index (Phi) is 8.58. The van der Waals surface area contributed by atoms with E-state index in [1.165, 1.54) is 6.92 Å². The number of hydrogen-bond acceptors (Lipinski definition) is 6. The van der Waals surface area contributed by atoms with Crippen molar-refractivity contribution in [2.45, 2.75) is 25.7 Å². The lowest BCUT2D eigenvalue weighted by atomic mass is 10.2. The minimum absolute atomic E-state index is 0.0482. The number of benzene rings is 1. The molecule has 0 aliphatic rings. The number of aliphatic hydroxyl groups excluding tert-OH is 1. The van der Waals surface area contributed by atoms with Crippen LogP contribution in [0.1, 0.15) is 12.5 Å². The van der Waals surface area contributed by atoms with Gasteiger partial charge in [-0.05, 0) is 12.5 Å². The highest BCUT2D eigenvalue weighted by atomic mass is 16.5. The standard InChI is InChI=1S/C16H21N3O7/c1-10(20)14(15(23)24)19-13(22)8-17-12(21)7-18-16(25)26-9-11-5-3-2-4-6-11/h2-6,10,14,20H,7-9H2,1H3,(H,17,21)(H,18,25)(H,19,22)(H,23,24)/t10-,14+/m1/s1. The van der Waals surface area contributed by atoms with Gasteiger partial charge in [0.15, 0.2) is 6.04 Å². The van der Waals surface area contributed by atoms with Gasteiger partial charge in [0.2, 0.25) is 11.8 Å². The van der Waals surface area contributed by atoms with Gasteiger partial charge in [-0.15, -0.1) is 0 Å². The van der Waals surface area contributed by atoms with Gasteiger partial charge in [0, 0.05) is 0 Å². The molecule has 142 valence electrons. The van der Waals surface area contributed by atoms with Gasteiger partial charge in [0.25, 0.3) is 0 Å². The summed E-state index contributed by atoms with van der Waals surface area (Å²) in [5.74, 6) is -2.86. The molecule has 0 bridgehead atoms. The summed E-state index contributed by atoms with van der Waals surface area (Å²) >= 11 is 0. The lowest BCUT2D eigenvalue weighted by Crippen LogP contribution is -2.51. The highest BCUT2D eigenvalue weighted by Gasteiger charge is 2.24. The zero-order valence-corrected chi connectivity index (χ0v) is 14.1. The minimum Gasteiger partial charge on any atom is -0.480 e. The number of hydrogen-bond donors (Lipinski definition) is 5. The minimum atomic E-state index is -1.48. The number of carbonyl (C=O) groups is 4. The van der Waals surface area contributed by atoms with Crippen LogP contribution in [0.4, 0.5) is 4.79 Å². The summed E-state index contributed by atoms with van der Waals surface area (Å²) in [6.45, 7) is 0.338. The molecule has 1 aromatic rings. The SMILES string of the molecule is C[C@@H](O)[C@H](NC(=O)CNC(=O)CNC(=O)OCc1ccccc1)C(=O)O. The summed E-state index contributed by atoms with van der Waals surface area (Å²) in [5.41, 5.74) is 0.787. The molecule has 0 saturated carbocycles. The predicted octanol–water partition coefficient (Wildman–Crippen LogP) is -1.02. The molecule has 3 amide bonds. The first-order chi connectivity index (χ1) is 12.3. The van der Waals surface area contributed by atoms with E-state index < -0.39 is 49.1 Å². The highest BCUT2D eigenvalue weighted by molar-refractivity contribution is 5.89. The van der Waals surface area contributed by atoms with Crippen molar-refractivity contribution in [1.82, 2.24) is 16.0 Å². The van der Waals surface area contributed by atoms with Gasteiger partial charge in [-0.2, -0.15) is 0 Å². The quantitative estimate of drug-likeness (QED) is 0.374. The fraction of sp³-hybridized carbons (Fsp3) is 0.375. The summed E-state index contributed by atoms with van der Waals surface area (Å²) in [6.07, 6.45) is -2.10. The van der Waals surface area contributed by atoms with E-state index in [1.807, 2.05) is 6.07 Å². The van der Waals surface area contributed by atoms with Crippen molar-refractivity contribution >= 4 is 23.9 Å². The van der Waals surface area contributed by atoms with Crippen molar-refractivity contribution in [3.8, 4) is 0 Å². The Bertz CT molecular complexity index is 634. The monoisotopic (exact) mass is 367 g/mol. The van der Waals surface area contributed by atoms with Crippen molar-refractivity contribution in [3.05, 3.63) is 35.9 Å². The third-order valence-corrected chi connectivity index (χ3v) is 3.12. The number of rotatable bonds is 9. The van der Waals surface area contributed by atoms with E-state index in [0.29, 0.717) is 0 Å². The number of aliphatic carboxylic acids is 1. The second-order valence-corrected chi connectivity index (χ2v) is 5.32. The maximum Gasteiger partial charge on any atom is 0.407 e. The number of aliphatic hydroxyl groups is 1. The number of carbonyl (C=O) groups excluding carboxylic acids is 3. The van der Waals surface area contributed by atoms with Gasteiger partial charge in [0.05, 0.1) is 12.6 Å². The fourth-order valence-corrected chi connectivity index (χ4v) is 1.78. The Morgan fingerprint density at radius 1 is 1.04 bits per heavy atom. The second-order valence-electron chi connectivity index (χ2n) is 5.32. The van der Waals surface area contributed by atoms with E-state index in [2.05, 4.69) is 16.0 Å². The molecular weight excluding hydrogens is 346 g/mol. The Morgan fingerprint density at radius 3 is 2.23 bits per heavy atom. The molecule has 0 heterocycles. The molecule has 10 heteroatoms. The van der Waals surface area contributed by atoms with Crippen LogP contribution in [0, 0.1) is 0 Å². The van der Waals surface area contributed by atoms with Gasteiger partial charge in [-0.25, -0.2) is 9.59 Å². The van der Waals surface area contributed by atoms with Crippen LogP contribution < -0.4 is 16.0 Å². The molecule has 1 aromatic carbocycles. The second kappa shape index (κ2) is 10.7. The Morgan fingerprint density at radius 2 is 1.65 bits per heavy atom. The molecule has 0 aliphatic carbocycles. The molecule has 0 aromatic heterocycles. The summed E-state index contributed by atoms with van der Waals surface area (Å²) < 4.78 is 4.91. The van der Waals surface area contributed by atoms with Crippen LogP contribution in [0.25, 0.3) is 0 Å². The Labute approximate surface area is 149 Å². The summed E-state index contributed by atoms with van der Waals surface area (Å²) in [6, 6.07) is 7.48. The number of nitrogens with one attached hydrogen (secondary N) is 3. The topological polar surface area (TPSA) is 154 Å². The maximum absolute atomic E-state index is 11.6. The zero-order valence-electron chi connectivity index (χ0n) is 14.1. The largest absolute Gasteiger partial charge is 0.480 e. The number of alkyl carbamates (subject to hydrolysis) is 1. The molecule has 0 fully saturated rings. The predicted molar refractivity (Wildman–Crippen MR) is 88.9 cm³/mol. The first-order valence-electron chi connectivity index (χ1n) is 7.71. The molecule has 5 N–H and O–H groups in total. The van der Waals surface area contributed by atoms with Crippen molar-refractivity contribution in [1.29, 1.82) is 0 Å². The van der Waals surface area contributed by atoms with E-state index in [-0.39, 0.29) is 6.61 Å². The van der Waals surface area contributed by atoms with Crippen LogP contribution in [0.15, 0.2) is 30.3 Å². The molecule has 0 aliphatic heterocycles. The van der Waals surface area contributed by atoms with Gasteiger partial charge < -0.3 is 30.9 Å². The zero-order chi connectivity index (χ0) is 19.5. The van der Waals surface area contributed by atoms with Crippen molar-refractivity contribution in [2.24, 2.45) is 0 Å². The number of amides is 3. The van der Waals surface area contributed by atoms with E-state index in [9.17, 15) is 24.3 Å². The van der Waals surface area contributed by atoms with Crippen molar-refractivity contribution < 1.29 is 34.1 Å². The third kappa shape index (κ3) is 8.11. The van der Waals surface area contributed by atoms with E-state index in [4.69, 9.17) is 9.84 Å². The third-order valence-electron chi connectivity index (χ3n) is 3.12.